The fraction of sp³-hybridized carbons (Fsp3) is 0.615. The van der Waals surface area contributed by atoms with Crippen molar-refractivity contribution in [1.29, 1.82) is 5.26 Å². The zero-order chi connectivity index (χ0) is 13.5. The number of amidine groups is 1. The van der Waals surface area contributed by atoms with Gasteiger partial charge in [0.15, 0.2) is 0 Å². The van der Waals surface area contributed by atoms with Crippen LogP contribution >= 0.6 is 0 Å². The van der Waals surface area contributed by atoms with Crippen molar-refractivity contribution in [3.63, 3.8) is 0 Å². The van der Waals surface area contributed by atoms with Gasteiger partial charge in [-0.25, -0.2) is 0 Å². The molecule has 1 amide bonds. The van der Waals surface area contributed by atoms with Gasteiger partial charge in [-0.1, -0.05) is 6.42 Å². The van der Waals surface area contributed by atoms with Gasteiger partial charge >= 0.3 is 0 Å². The second-order valence-corrected chi connectivity index (χ2v) is 4.68. The average Bonchev–Trinajstić information content (AvgIpc) is 2.51. The summed E-state index contributed by atoms with van der Waals surface area (Å²) in [5.41, 5.74) is 0.0742. The number of hydrogen-bond acceptors (Lipinski definition) is 3. The third kappa shape index (κ3) is 4.21. The van der Waals surface area contributed by atoms with E-state index in [-0.39, 0.29) is 5.57 Å². The van der Waals surface area contributed by atoms with Gasteiger partial charge in [0, 0.05) is 40.3 Å². The van der Waals surface area contributed by atoms with Crippen LogP contribution in [0.1, 0.15) is 25.7 Å². The highest BCUT2D eigenvalue weighted by Gasteiger charge is 2.15. The van der Waals surface area contributed by atoms with E-state index in [1.807, 2.05) is 18.0 Å². The first-order valence-corrected chi connectivity index (χ1v) is 6.16. The summed E-state index contributed by atoms with van der Waals surface area (Å²) in [7, 11) is 5.49. The Bertz CT molecular complexity index is 404. The maximum atomic E-state index is 11.9. The zero-order valence-corrected chi connectivity index (χ0v) is 11.3. The van der Waals surface area contributed by atoms with Crippen molar-refractivity contribution < 1.29 is 4.79 Å². The number of likely N-dealkylation sites (tertiary alicyclic amines) is 1. The van der Waals surface area contributed by atoms with Crippen LogP contribution in [0.5, 0.6) is 0 Å². The van der Waals surface area contributed by atoms with Gasteiger partial charge in [0.05, 0.1) is 0 Å². The predicted octanol–water partition coefficient (Wildman–Crippen LogP) is 1.39. The van der Waals surface area contributed by atoms with Crippen LogP contribution < -0.4 is 0 Å². The van der Waals surface area contributed by atoms with Crippen LogP contribution in [0.3, 0.4) is 0 Å². The molecule has 1 rings (SSSR count). The standard InChI is InChI=1S/C13H20N4O/c1-16(2)10-11(9-14)13(18)15-12-7-5-4-6-8-17(12)3/h10H,4-8H2,1-3H3/b11-10+,15-12?. The molecule has 0 unspecified atom stereocenters. The number of aliphatic imine (C=N–C) groups is 1. The third-order valence-corrected chi connectivity index (χ3v) is 2.80. The maximum Gasteiger partial charge on any atom is 0.290 e. The molecule has 0 aromatic carbocycles. The van der Waals surface area contributed by atoms with E-state index in [9.17, 15) is 4.79 Å². The van der Waals surface area contributed by atoms with Crippen LogP contribution in [0, 0.1) is 11.3 Å². The molecule has 1 saturated heterocycles. The minimum Gasteiger partial charge on any atom is -0.382 e. The molecule has 0 atom stereocenters. The van der Waals surface area contributed by atoms with Crippen molar-refractivity contribution in [2.75, 3.05) is 27.7 Å². The molecule has 5 heteroatoms. The molecule has 0 saturated carbocycles. The summed E-state index contributed by atoms with van der Waals surface area (Å²) in [6.07, 6.45) is 5.65. The average molecular weight is 248 g/mol. The van der Waals surface area contributed by atoms with Gasteiger partial charge < -0.3 is 9.80 Å². The Morgan fingerprint density at radius 2 is 2.17 bits per heavy atom. The Hall–Kier alpha value is -1.83. The first-order chi connectivity index (χ1) is 8.54. The Balaban J connectivity index is 2.86. The number of carbonyl (C=O) groups is 1. The highest BCUT2D eigenvalue weighted by atomic mass is 16.1. The van der Waals surface area contributed by atoms with Gasteiger partial charge in [-0.2, -0.15) is 10.3 Å². The molecule has 0 aromatic heterocycles. The number of nitriles is 1. The van der Waals surface area contributed by atoms with Crippen molar-refractivity contribution in [3.05, 3.63) is 11.8 Å². The minimum absolute atomic E-state index is 0.0742. The monoisotopic (exact) mass is 248 g/mol. The largest absolute Gasteiger partial charge is 0.382 e. The van der Waals surface area contributed by atoms with Crippen LogP contribution in [0.25, 0.3) is 0 Å². The molecule has 0 aromatic rings. The molecular weight excluding hydrogens is 228 g/mol. The first-order valence-electron chi connectivity index (χ1n) is 6.16. The van der Waals surface area contributed by atoms with Crippen molar-refractivity contribution in [2.24, 2.45) is 4.99 Å². The van der Waals surface area contributed by atoms with Crippen LogP contribution in [0.4, 0.5) is 0 Å². The quantitative estimate of drug-likeness (QED) is 0.547. The fourth-order valence-electron chi connectivity index (χ4n) is 1.84. The maximum absolute atomic E-state index is 11.9. The van der Waals surface area contributed by atoms with Crippen molar-refractivity contribution in [2.45, 2.75) is 25.7 Å². The second-order valence-electron chi connectivity index (χ2n) is 4.68. The zero-order valence-electron chi connectivity index (χ0n) is 11.3. The normalized spacial score (nSPS) is 19.3. The van der Waals surface area contributed by atoms with Gasteiger partial charge in [-0.15, -0.1) is 0 Å². The van der Waals surface area contributed by atoms with Crippen LogP contribution in [-0.2, 0) is 4.79 Å². The second kappa shape index (κ2) is 6.80. The summed E-state index contributed by atoms with van der Waals surface area (Å²) in [6, 6.07) is 1.90. The number of amides is 1. The van der Waals surface area contributed by atoms with E-state index in [4.69, 9.17) is 5.26 Å². The van der Waals surface area contributed by atoms with Crippen molar-refractivity contribution >= 4 is 11.7 Å². The summed E-state index contributed by atoms with van der Waals surface area (Å²) in [5.74, 6) is 0.340. The molecule has 1 fully saturated rings. The Labute approximate surface area is 108 Å². The lowest BCUT2D eigenvalue weighted by Gasteiger charge is -2.17. The number of rotatable bonds is 2. The molecular formula is C13H20N4O. The highest BCUT2D eigenvalue weighted by Crippen LogP contribution is 2.11. The topological polar surface area (TPSA) is 59.7 Å². The molecule has 1 aliphatic heterocycles. The predicted molar refractivity (Wildman–Crippen MR) is 70.9 cm³/mol. The number of nitrogens with zero attached hydrogens (tertiary/aromatic N) is 4. The molecule has 1 heterocycles. The lowest BCUT2D eigenvalue weighted by molar-refractivity contribution is -0.114. The molecule has 0 radical (unpaired) electrons. The summed E-state index contributed by atoms with van der Waals surface area (Å²) in [4.78, 5) is 19.7. The van der Waals surface area contributed by atoms with E-state index >= 15 is 0 Å². The molecule has 0 aliphatic carbocycles. The fourth-order valence-corrected chi connectivity index (χ4v) is 1.84. The Morgan fingerprint density at radius 3 is 2.78 bits per heavy atom. The summed E-state index contributed by atoms with van der Waals surface area (Å²) in [6.45, 7) is 0.922. The van der Waals surface area contributed by atoms with Crippen LogP contribution in [-0.4, -0.2) is 49.2 Å². The van der Waals surface area contributed by atoms with E-state index in [0.717, 1.165) is 38.1 Å². The molecule has 18 heavy (non-hydrogen) atoms. The molecule has 0 spiro atoms. The van der Waals surface area contributed by atoms with Crippen molar-refractivity contribution in [1.82, 2.24) is 9.80 Å². The SMILES string of the molecule is CN(C)/C=C(\C#N)C(=O)N=C1CCCCCN1C. The number of hydrogen-bond donors (Lipinski definition) is 0. The highest BCUT2D eigenvalue weighted by molar-refractivity contribution is 6.05. The van der Waals surface area contributed by atoms with Gasteiger partial charge in [0.2, 0.25) is 0 Å². The van der Waals surface area contributed by atoms with E-state index in [1.165, 1.54) is 6.20 Å². The van der Waals surface area contributed by atoms with Gasteiger partial charge in [-0.3, -0.25) is 4.79 Å². The van der Waals surface area contributed by atoms with Gasteiger partial charge in [-0.05, 0) is 12.8 Å². The van der Waals surface area contributed by atoms with E-state index in [2.05, 4.69) is 4.99 Å². The minimum atomic E-state index is -0.449. The lowest BCUT2D eigenvalue weighted by atomic mass is 10.2. The van der Waals surface area contributed by atoms with E-state index in [1.54, 1.807) is 19.0 Å². The molecule has 5 nitrogen and oxygen atoms in total. The Morgan fingerprint density at radius 1 is 1.44 bits per heavy atom. The summed E-state index contributed by atoms with van der Waals surface area (Å²) >= 11 is 0. The smallest absolute Gasteiger partial charge is 0.290 e. The Kier molecular flexibility index (Phi) is 5.37. The van der Waals surface area contributed by atoms with Crippen LogP contribution in [0.15, 0.2) is 16.8 Å². The summed E-state index contributed by atoms with van der Waals surface area (Å²) < 4.78 is 0. The van der Waals surface area contributed by atoms with Crippen molar-refractivity contribution in [3.8, 4) is 6.07 Å². The van der Waals surface area contributed by atoms with Gasteiger partial charge in [0.25, 0.3) is 5.91 Å². The van der Waals surface area contributed by atoms with Gasteiger partial charge in [0.1, 0.15) is 17.5 Å². The molecule has 0 N–H and O–H groups in total. The first kappa shape index (κ1) is 14.2. The third-order valence-electron chi connectivity index (χ3n) is 2.80. The van der Waals surface area contributed by atoms with E-state index in [0.29, 0.717) is 0 Å². The number of carbonyl (C=O) groups excluding carboxylic acids is 1. The molecule has 1 aliphatic rings. The molecule has 98 valence electrons. The molecule has 0 bridgehead atoms. The lowest BCUT2D eigenvalue weighted by Crippen LogP contribution is -2.27. The van der Waals surface area contributed by atoms with Crippen LogP contribution in [0.2, 0.25) is 0 Å². The van der Waals surface area contributed by atoms with E-state index < -0.39 is 5.91 Å². The summed E-state index contributed by atoms with van der Waals surface area (Å²) in [5, 5.41) is 8.95.